The maximum Gasteiger partial charge on any atom is 0.337 e. The topological polar surface area (TPSA) is 84.6 Å². The van der Waals surface area contributed by atoms with Crippen LogP contribution in [0.1, 0.15) is 48.0 Å². The van der Waals surface area contributed by atoms with Crippen molar-refractivity contribution in [3.05, 3.63) is 61.1 Å². The summed E-state index contributed by atoms with van der Waals surface area (Å²) in [4.78, 5) is 57.8. The Balaban J connectivity index is 1.93. The Morgan fingerprint density at radius 1 is 1.06 bits per heavy atom. The average Bonchev–Trinajstić information content (AvgIpc) is 3.18. The number of hydrogen-bond donors (Lipinski definition) is 0. The molecule has 0 bridgehead atoms. The Bertz CT molecular complexity index is 1420. The fourth-order valence-corrected chi connectivity index (χ4v) is 6.42. The quantitative estimate of drug-likeness (QED) is 0.527. The van der Waals surface area contributed by atoms with Gasteiger partial charge in [-0.25, -0.2) is 9.36 Å². The molecule has 1 saturated heterocycles. The van der Waals surface area contributed by atoms with Gasteiger partial charge in [0.05, 0.1) is 16.0 Å². The number of thiophene rings is 1. The number of benzene rings is 1. The minimum atomic E-state index is -0.576. The van der Waals surface area contributed by atoms with Gasteiger partial charge in [-0.15, -0.1) is 11.3 Å². The van der Waals surface area contributed by atoms with Crippen molar-refractivity contribution in [3.63, 3.8) is 0 Å². The molecule has 9 heteroatoms. The Morgan fingerprint density at radius 3 is 2.22 bits per heavy atom. The second-order valence-corrected chi connectivity index (χ2v) is 11.2. The van der Waals surface area contributed by atoms with Crippen LogP contribution < -0.4 is 11.2 Å². The summed E-state index contributed by atoms with van der Waals surface area (Å²) in [6, 6.07) is 7.28. The molecule has 2 aromatic heterocycles. The van der Waals surface area contributed by atoms with Crippen molar-refractivity contribution in [2.75, 3.05) is 27.2 Å². The van der Waals surface area contributed by atoms with E-state index in [0.29, 0.717) is 51.3 Å². The number of piperidine rings is 1. The van der Waals surface area contributed by atoms with E-state index in [4.69, 9.17) is 0 Å². The van der Waals surface area contributed by atoms with Crippen molar-refractivity contribution in [1.29, 1.82) is 0 Å². The summed E-state index contributed by atoms with van der Waals surface area (Å²) >= 11 is 1.10. The van der Waals surface area contributed by atoms with Gasteiger partial charge in [-0.1, -0.05) is 32.9 Å². The first-order valence-electron chi connectivity index (χ1n) is 12.4. The number of aromatic nitrogens is 2. The summed E-state index contributed by atoms with van der Waals surface area (Å²) in [5, 5.41) is 0.303. The number of fused-ring (bicyclic) bond motifs is 1. The van der Waals surface area contributed by atoms with Crippen LogP contribution in [0.3, 0.4) is 0 Å². The molecular weight excluding hydrogens is 476 g/mol. The molecule has 4 rings (SSSR count). The van der Waals surface area contributed by atoms with E-state index in [1.54, 1.807) is 33.2 Å². The number of rotatable bonds is 5. The van der Waals surface area contributed by atoms with E-state index >= 15 is 0 Å². The molecule has 3 heterocycles. The van der Waals surface area contributed by atoms with Crippen molar-refractivity contribution < 1.29 is 9.59 Å². The molecule has 0 N–H and O–H groups in total. The first-order valence-corrected chi connectivity index (χ1v) is 13.2. The van der Waals surface area contributed by atoms with Crippen LogP contribution in [0.2, 0.25) is 0 Å². The van der Waals surface area contributed by atoms with Gasteiger partial charge in [0, 0.05) is 27.2 Å². The fraction of sp³-hybridized carbons (Fsp3) is 0.481. The molecule has 2 unspecified atom stereocenters. The zero-order chi connectivity index (χ0) is 26.3. The molecule has 2 amide bonds. The predicted octanol–water partition coefficient (Wildman–Crippen LogP) is 3.29. The van der Waals surface area contributed by atoms with Gasteiger partial charge in [0.15, 0.2) is 0 Å². The van der Waals surface area contributed by atoms with Crippen LogP contribution in [-0.2, 0) is 17.8 Å². The van der Waals surface area contributed by atoms with Crippen LogP contribution in [0.15, 0.2) is 33.9 Å². The van der Waals surface area contributed by atoms with Crippen LogP contribution in [0.5, 0.6) is 0 Å². The predicted molar refractivity (Wildman–Crippen MR) is 143 cm³/mol. The third-order valence-electron chi connectivity index (χ3n) is 6.93. The SMILES string of the molecule is CCc1ccc(-n2c(=O)c3c(C)c(C(=O)N(C)C)sc3n(CC(=O)N3CC(C)CC(C)C3)c2=O)cc1. The van der Waals surface area contributed by atoms with E-state index in [0.717, 1.165) is 34.3 Å². The Kier molecular flexibility index (Phi) is 7.22. The molecule has 0 saturated carbocycles. The van der Waals surface area contributed by atoms with Crippen molar-refractivity contribution >= 4 is 33.4 Å². The van der Waals surface area contributed by atoms with Gasteiger partial charge in [-0.2, -0.15) is 0 Å². The lowest BCUT2D eigenvalue weighted by molar-refractivity contribution is -0.134. The van der Waals surface area contributed by atoms with Gasteiger partial charge < -0.3 is 9.80 Å². The van der Waals surface area contributed by atoms with Gasteiger partial charge in [0.1, 0.15) is 11.4 Å². The molecule has 1 aromatic carbocycles. The molecule has 1 fully saturated rings. The highest BCUT2D eigenvalue weighted by atomic mass is 32.1. The highest BCUT2D eigenvalue weighted by molar-refractivity contribution is 7.20. The third-order valence-corrected chi connectivity index (χ3v) is 8.23. The molecule has 3 aromatic rings. The fourth-order valence-electron chi connectivity index (χ4n) is 5.10. The zero-order valence-corrected chi connectivity index (χ0v) is 22.6. The van der Waals surface area contributed by atoms with E-state index in [-0.39, 0.29) is 18.4 Å². The number of aryl methyl sites for hydroxylation is 2. The van der Waals surface area contributed by atoms with E-state index < -0.39 is 11.2 Å². The van der Waals surface area contributed by atoms with Crippen molar-refractivity contribution in [2.24, 2.45) is 11.8 Å². The smallest absolute Gasteiger partial charge is 0.337 e. The highest BCUT2D eigenvalue weighted by Gasteiger charge is 2.29. The summed E-state index contributed by atoms with van der Waals surface area (Å²) < 4.78 is 2.50. The number of nitrogens with zero attached hydrogens (tertiary/aromatic N) is 4. The van der Waals surface area contributed by atoms with Crippen molar-refractivity contribution in [2.45, 2.75) is 47.1 Å². The number of carbonyl (C=O) groups is 2. The number of carbonyl (C=O) groups excluding carboxylic acids is 2. The van der Waals surface area contributed by atoms with Crippen LogP contribution in [0, 0.1) is 18.8 Å². The van der Waals surface area contributed by atoms with E-state index in [2.05, 4.69) is 13.8 Å². The maximum absolute atomic E-state index is 13.8. The van der Waals surface area contributed by atoms with Gasteiger partial charge in [0.2, 0.25) is 5.91 Å². The Hall–Kier alpha value is -3.20. The summed E-state index contributed by atoms with van der Waals surface area (Å²) in [5.74, 6) is 0.369. The van der Waals surface area contributed by atoms with E-state index in [1.165, 1.54) is 9.47 Å². The molecule has 2 atom stereocenters. The third kappa shape index (κ3) is 4.64. The summed E-state index contributed by atoms with van der Waals surface area (Å²) in [6.45, 7) is 9.13. The van der Waals surface area contributed by atoms with Crippen LogP contribution in [0.25, 0.3) is 15.9 Å². The monoisotopic (exact) mass is 510 g/mol. The summed E-state index contributed by atoms with van der Waals surface area (Å²) in [7, 11) is 3.30. The van der Waals surface area contributed by atoms with Crippen molar-refractivity contribution in [3.8, 4) is 5.69 Å². The summed E-state index contributed by atoms with van der Waals surface area (Å²) in [6.07, 6.45) is 1.89. The second kappa shape index (κ2) is 10.0. The van der Waals surface area contributed by atoms with Gasteiger partial charge >= 0.3 is 5.69 Å². The number of amides is 2. The first kappa shape index (κ1) is 25.9. The van der Waals surface area contributed by atoms with E-state index in [1.807, 2.05) is 24.0 Å². The van der Waals surface area contributed by atoms with Crippen molar-refractivity contribution in [1.82, 2.24) is 18.9 Å². The molecule has 36 heavy (non-hydrogen) atoms. The van der Waals surface area contributed by atoms with Gasteiger partial charge in [0.25, 0.3) is 11.5 Å². The molecule has 1 aliphatic rings. The lowest BCUT2D eigenvalue weighted by Gasteiger charge is -2.35. The van der Waals surface area contributed by atoms with Crippen LogP contribution in [-0.4, -0.2) is 57.9 Å². The standard InChI is InChI=1S/C27H34N4O4S/c1-7-19-8-10-20(11-9-19)31-24(33)22-18(4)23(25(34)28(5)6)36-26(22)30(27(31)35)15-21(32)29-13-16(2)12-17(3)14-29/h8-11,16-17H,7,12-15H2,1-6H3. The van der Waals surface area contributed by atoms with Gasteiger partial charge in [-0.05, 0) is 54.9 Å². The molecular formula is C27H34N4O4S. The first-order chi connectivity index (χ1) is 17.0. The Morgan fingerprint density at radius 2 is 1.67 bits per heavy atom. The number of likely N-dealkylation sites (tertiary alicyclic amines) is 1. The lowest BCUT2D eigenvalue weighted by atomic mass is 9.92. The summed E-state index contributed by atoms with van der Waals surface area (Å²) in [5.41, 5.74) is 1.00. The minimum absolute atomic E-state index is 0.158. The molecule has 1 aliphatic heterocycles. The molecule has 0 aliphatic carbocycles. The second-order valence-electron chi connectivity index (χ2n) is 10.2. The lowest BCUT2D eigenvalue weighted by Crippen LogP contribution is -2.46. The highest BCUT2D eigenvalue weighted by Crippen LogP contribution is 2.29. The molecule has 0 spiro atoms. The van der Waals surface area contributed by atoms with Gasteiger partial charge in [-0.3, -0.25) is 19.0 Å². The van der Waals surface area contributed by atoms with Crippen LogP contribution >= 0.6 is 11.3 Å². The minimum Gasteiger partial charge on any atom is -0.344 e. The molecule has 192 valence electrons. The number of hydrogen-bond acceptors (Lipinski definition) is 5. The molecule has 0 radical (unpaired) electrons. The largest absolute Gasteiger partial charge is 0.344 e. The Labute approximate surface area is 214 Å². The maximum atomic E-state index is 13.8. The average molecular weight is 511 g/mol. The molecule has 8 nitrogen and oxygen atoms in total. The van der Waals surface area contributed by atoms with Crippen LogP contribution in [0.4, 0.5) is 0 Å². The normalized spacial score (nSPS) is 18.0. The van der Waals surface area contributed by atoms with E-state index in [9.17, 15) is 19.2 Å². The zero-order valence-electron chi connectivity index (χ0n) is 21.8.